The van der Waals surface area contributed by atoms with E-state index in [0.717, 1.165) is 37.0 Å². The maximum atomic E-state index is 13.9. The Morgan fingerprint density at radius 1 is 1.17 bits per heavy atom. The molecule has 30 heavy (non-hydrogen) atoms. The SMILES string of the molecule is CCCCOc1ccc(CNC(=O)[C@H]2CCCN(C(=O)c3ccccc3F)C2)cc1. The quantitative estimate of drug-likeness (QED) is 0.662. The van der Waals surface area contributed by atoms with E-state index in [4.69, 9.17) is 4.74 Å². The van der Waals surface area contributed by atoms with Crippen molar-refractivity contribution in [2.45, 2.75) is 39.2 Å². The standard InChI is InChI=1S/C24H29FN2O3/c1-2-3-15-30-20-12-10-18(11-13-20)16-26-23(28)19-7-6-14-27(17-19)24(29)21-8-4-5-9-22(21)25/h4-5,8-13,19H,2-3,6-7,14-17H2,1H3,(H,26,28)/t19-/m0/s1. The third-order valence-electron chi connectivity index (χ3n) is 5.34. The van der Waals surface area contributed by atoms with E-state index in [1.54, 1.807) is 17.0 Å². The van der Waals surface area contributed by atoms with Crippen molar-refractivity contribution in [3.05, 3.63) is 65.5 Å². The Kier molecular flexibility index (Phi) is 7.82. The average Bonchev–Trinajstić information content (AvgIpc) is 2.78. The van der Waals surface area contributed by atoms with E-state index in [0.29, 0.717) is 26.2 Å². The van der Waals surface area contributed by atoms with Crippen LogP contribution in [0.5, 0.6) is 5.75 Å². The number of hydrogen-bond acceptors (Lipinski definition) is 3. The summed E-state index contributed by atoms with van der Waals surface area (Å²) in [6, 6.07) is 13.7. The van der Waals surface area contributed by atoms with Crippen molar-refractivity contribution in [1.82, 2.24) is 10.2 Å². The van der Waals surface area contributed by atoms with Crippen molar-refractivity contribution in [3.8, 4) is 5.75 Å². The maximum Gasteiger partial charge on any atom is 0.256 e. The number of unbranched alkanes of at least 4 members (excludes halogenated alkanes) is 1. The minimum Gasteiger partial charge on any atom is -0.494 e. The van der Waals surface area contributed by atoms with E-state index in [2.05, 4.69) is 12.2 Å². The molecule has 0 aliphatic carbocycles. The van der Waals surface area contributed by atoms with Gasteiger partial charge in [-0.1, -0.05) is 37.6 Å². The summed E-state index contributed by atoms with van der Waals surface area (Å²) in [5, 5.41) is 2.96. The molecule has 1 saturated heterocycles. The lowest BCUT2D eigenvalue weighted by Crippen LogP contribution is -2.45. The van der Waals surface area contributed by atoms with Crippen LogP contribution >= 0.6 is 0 Å². The smallest absolute Gasteiger partial charge is 0.256 e. The van der Waals surface area contributed by atoms with E-state index < -0.39 is 5.82 Å². The Labute approximate surface area is 177 Å². The molecule has 1 heterocycles. The lowest BCUT2D eigenvalue weighted by molar-refractivity contribution is -0.126. The van der Waals surface area contributed by atoms with Gasteiger partial charge in [0.25, 0.3) is 5.91 Å². The first-order valence-corrected chi connectivity index (χ1v) is 10.6. The zero-order valence-corrected chi connectivity index (χ0v) is 17.4. The van der Waals surface area contributed by atoms with Gasteiger partial charge < -0.3 is 15.0 Å². The summed E-state index contributed by atoms with van der Waals surface area (Å²) in [6.07, 6.45) is 3.56. The first-order chi connectivity index (χ1) is 14.6. The number of piperidine rings is 1. The highest BCUT2D eigenvalue weighted by molar-refractivity contribution is 5.95. The Hall–Kier alpha value is -2.89. The molecule has 0 bridgehead atoms. The molecule has 0 radical (unpaired) electrons. The number of carbonyl (C=O) groups is 2. The second-order valence-electron chi connectivity index (χ2n) is 7.63. The molecule has 5 nitrogen and oxygen atoms in total. The predicted octanol–water partition coefficient (Wildman–Crippen LogP) is 4.17. The molecule has 2 aromatic carbocycles. The minimum absolute atomic E-state index is 0.0554. The predicted molar refractivity (Wildman–Crippen MR) is 114 cm³/mol. The second kappa shape index (κ2) is 10.8. The molecule has 0 unspecified atom stereocenters. The van der Waals surface area contributed by atoms with Crippen LogP contribution in [0.3, 0.4) is 0 Å². The number of halogens is 1. The number of ether oxygens (including phenoxy) is 1. The van der Waals surface area contributed by atoms with E-state index in [1.165, 1.54) is 12.1 Å². The van der Waals surface area contributed by atoms with Gasteiger partial charge in [-0.05, 0) is 49.1 Å². The lowest BCUT2D eigenvalue weighted by atomic mass is 9.96. The number of nitrogens with zero attached hydrogens (tertiary/aromatic N) is 1. The van der Waals surface area contributed by atoms with E-state index in [9.17, 15) is 14.0 Å². The topological polar surface area (TPSA) is 58.6 Å². The van der Waals surface area contributed by atoms with Crippen molar-refractivity contribution in [3.63, 3.8) is 0 Å². The highest BCUT2D eigenvalue weighted by Gasteiger charge is 2.29. The van der Waals surface area contributed by atoms with Gasteiger partial charge in [-0.2, -0.15) is 0 Å². The lowest BCUT2D eigenvalue weighted by Gasteiger charge is -2.32. The number of carbonyl (C=O) groups excluding carboxylic acids is 2. The summed E-state index contributed by atoms with van der Waals surface area (Å²) in [5.74, 6) is -0.427. The van der Waals surface area contributed by atoms with Crippen LogP contribution in [0.1, 0.15) is 48.5 Å². The van der Waals surface area contributed by atoms with Crippen LogP contribution in [-0.2, 0) is 11.3 Å². The number of amides is 2. The van der Waals surface area contributed by atoms with Crippen molar-refractivity contribution in [1.29, 1.82) is 0 Å². The van der Waals surface area contributed by atoms with Gasteiger partial charge in [0.15, 0.2) is 0 Å². The van der Waals surface area contributed by atoms with Crippen LogP contribution in [-0.4, -0.2) is 36.4 Å². The summed E-state index contributed by atoms with van der Waals surface area (Å²) in [5.41, 5.74) is 1.04. The molecule has 1 fully saturated rings. The molecule has 0 aromatic heterocycles. The molecule has 160 valence electrons. The number of benzene rings is 2. The molecular formula is C24H29FN2O3. The van der Waals surface area contributed by atoms with Crippen LogP contribution in [0, 0.1) is 11.7 Å². The summed E-state index contributed by atoms with van der Waals surface area (Å²) in [7, 11) is 0. The number of rotatable bonds is 8. The molecule has 2 aromatic rings. The van der Waals surface area contributed by atoms with Gasteiger partial charge in [0, 0.05) is 19.6 Å². The molecule has 1 aliphatic rings. The van der Waals surface area contributed by atoms with Crippen molar-refractivity contribution < 1.29 is 18.7 Å². The van der Waals surface area contributed by atoms with Gasteiger partial charge in [0.2, 0.25) is 5.91 Å². The zero-order valence-electron chi connectivity index (χ0n) is 17.4. The Morgan fingerprint density at radius 2 is 1.93 bits per heavy atom. The first-order valence-electron chi connectivity index (χ1n) is 10.6. The second-order valence-corrected chi connectivity index (χ2v) is 7.63. The van der Waals surface area contributed by atoms with E-state index >= 15 is 0 Å². The van der Waals surface area contributed by atoms with Crippen LogP contribution < -0.4 is 10.1 Å². The largest absolute Gasteiger partial charge is 0.494 e. The van der Waals surface area contributed by atoms with Gasteiger partial charge in [-0.3, -0.25) is 9.59 Å². The van der Waals surface area contributed by atoms with Crippen molar-refractivity contribution >= 4 is 11.8 Å². The fourth-order valence-corrected chi connectivity index (χ4v) is 3.55. The fourth-order valence-electron chi connectivity index (χ4n) is 3.55. The molecule has 1 N–H and O–H groups in total. The Bertz CT molecular complexity index is 854. The Balaban J connectivity index is 1.50. The molecule has 1 aliphatic heterocycles. The van der Waals surface area contributed by atoms with Crippen LogP contribution in [0.15, 0.2) is 48.5 Å². The third-order valence-corrected chi connectivity index (χ3v) is 5.34. The molecule has 3 rings (SSSR count). The van der Waals surface area contributed by atoms with Gasteiger partial charge in [-0.25, -0.2) is 4.39 Å². The van der Waals surface area contributed by atoms with Crippen molar-refractivity contribution in [2.24, 2.45) is 5.92 Å². The van der Waals surface area contributed by atoms with Crippen LogP contribution in [0.2, 0.25) is 0 Å². The van der Waals surface area contributed by atoms with Crippen LogP contribution in [0.4, 0.5) is 4.39 Å². The number of hydrogen-bond donors (Lipinski definition) is 1. The molecular weight excluding hydrogens is 383 g/mol. The fraction of sp³-hybridized carbons (Fsp3) is 0.417. The van der Waals surface area contributed by atoms with Gasteiger partial charge in [0.1, 0.15) is 11.6 Å². The van der Waals surface area contributed by atoms with Gasteiger partial charge in [0.05, 0.1) is 18.1 Å². The zero-order chi connectivity index (χ0) is 21.3. The summed E-state index contributed by atoms with van der Waals surface area (Å²) in [6.45, 7) is 4.10. The monoisotopic (exact) mass is 412 g/mol. The molecule has 1 atom stereocenters. The summed E-state index contributed by atoms with van der Waals surface area (Å²) < 4.78 is 19.6. The summed E-state index contributed by atoms with van der Waals surface area (Å²) in [4.78, 5) is 26.9. The van der Waals surface area contributed by atoms with E-state index in [1.807, 2.05) is 24.3 Å². The van der Waals surface area contributed by atoms with Gasteiger partial charge >= 0.3 is 0 Å². The third kappa shape index (κ3) is 5.81. The normalized spacial score (nSPS) is 16.2. The molecule has 0 saturated carbocycles. The number of nitrogens with one attached hydrogen (secondary N) is 1. The van der Waals surface area contributed by atoms with E-state index in [-0.39, 0.29) is 23.3 Å². The first kappa shape index (κ1) is 21.8. The maximum absolute atomic E-state index is 13.9. The molecule has 6 heteroatoms. The molecule has 2 amide bonds. The van der Waals surface area contributed by atoms with Crippen LogP contribution in [0.25, 0.3) is 0 Å². The number of likely N-dealkylation sites (tertiary alicyclic amines) is 1. The average molecular weight is 413 g/mol. The highest BCUT2D eigenvalue weighted by atomic mass is 19.1. The van der Waals surface area contributed by atoms with Gasteiger partial charge in [-0.15, -0.1) is 0 Å². The molecule has 0 spiro atoms. The highest BCUT2D eigenvalue weighted by Crippen LogP contribution is 2.20. The van der Waals surface area contributed by atoms with Crippen molar-refractivity contribution in [2.75, 3.05) is 19.7 Å². The Morgan fingerprint density at radius 3 is 2.67 bits per heavy atom. The summed E-state index contributed by atoms with van der Waals surface area (Å²) >= 11 is 0. The minimum atomic E-state index is -0.531.